The molecule has 0 bridgehead atoms. The zero-order valence-electron chi connectivity index (χ0n) is 16.9. The van der Waals surface area contributed by atoms with E-state index in [-0.39, 0.29) is 23.2 Å². The Morgan fingerprint density at radius 2 is 1.59 bits per heavy atom. The first-order valence-electron chi connectivity index (χ1n) is 9.15. The molecule has 2 N–H and O–H groups in total. The van der Waals surface area contributed by atoms with E-state index in [0.717, 1.165) is 6.07 Å². The number of rotatable bonds is 4. The van der Waals surface area contributed by atoms with Gasteiger partial charge in [0.15, 0.2) is 5.82 Å². The van der Waals surface area contributed by atoms with Gasteiger partial charge in [0, 0.05) is 22.2 Å². The predicted molar refractivity (Wildman–Crippen MR) is 127 cm³/mol. The van der Waals surface area contributed by atoms with Gasteiger partial charge in [-0.2, -0.15) is 18.2 Å². The van der Waals surface area contributed by atoms with E-state index in [1.165, 1.54) is 18.2 Å². The minimum atomic E-state index is -4.56. The van der Waals surface area contributed by atoms with Gasteiger partial charge in [-0.3, -0.25) is 5.10 Å². The van der Waals surface area contributed by atoms with E-state index >= 15 is 0 Å². The standard InChI is InChI=1S/C20H14ClF3N6.CH3I/c1-11-25-19(30-29-11)28-17-10-16(13-7-3-5-9-15(13)21)26-18(27-17)12-6-2-4-8-14(12)20(22,23)24;1-2/h2-10H,1H3,(H2,25,26,27,28,29,30);1H3. The molecule has 0 fully saturated rings. The number of H-pyrrole nitrogens is 1. The van der Waals surface area contributed by atoms with E-state index in [0.29, 0.717) is 22.1 Å². The number of anilines is 2. The highest BCUT2D eigenvalue weighted by Crippen LogP contribution is 2.37. The van der Waals surface area contributed by atoms with E-state index in [9.17, 15) is 13.2 Å². The number of aromatic nitrogens is 5. The molecule has 0 aliphatic rings. The fourth-order valence-electron chi connectivity index (χ4n) is 2.88. The molecule has 11 heteroatoms. The highest BCUT2D eigenvalue weighted by molar-refractivity contribution is 14.1. The average molecular weight is 573 g/mol. The molecule has 0 radical (unpaired) electrons. The average Bonchev–Trinajstić information content (AvgIpc) is 3.19. The van der Waals surface area contributed by atoms with Crippen LogP contribution in [-0.4, -0.2) is 30.1 Å². The minimum absolute atomic E-state index is 0.102. The van der Waals surface area contributed by atoms with Gasteiger partial charge in [-0.25, -0.2) is 9.97 Å². The molecule has 0 unspecified atom stereocenters. The summed E-state index contributed by atoms with van der Waals surface area (Å²) in [5.74, 6) is 0.924. The second kappa shape index (κ2) is 10.3. The first-order valence-corrected chi connectivity index (χ1v) is 11.7. The summed E-state index contributed by atoms with van der Waals surface area (Å²) in [6.07, 6.45) is -4.56. The third-order valence-electron chi connectivity index (χ3n) is 4.19. The third-order valence-corrected chi connectivity index (χ3v) is 4.52. The van der Waals surface area contributed by atoms with Crippen LogP contribution in [0.2, 0.25) is 5.02 Å². The largest absolute Gasteiger partial charge is 0.417 e. The molecule has 4 aromatic rings. The second-order valence-corrected chi connectivity index (χ2v) is 6.76. The molecule has 0 amide bonds. The number of hydrogen-bond acceptors (Lipinski definition) is 5. The summed E-state index contributed by atoms with van der Waals surface area (Å²) in [6.45, 7) is 1.72. The quantitative estimate of drug-likeness (QED) is 0.210. The molecule has 0 spiro atoms. The van der Waals surface area contributed by atoms with Crippen molar-refractivity contribution in [3.05, 3.63) is 71.0 Å². The lowest BCUT2D eigenvalue weighted by atomic mass is 10.1. The Balaban J connectivity index is 0.00000141. The van der Waals surface area contributed by atoms with Crippen LogP contribution < -0.4 is 5.32 Å². The Kier molecular flexibility index (Phi) is 7.67. The first-order chi connectivity index (χ1) is 15.3. The highest BCUT2D eigenvalue weighted by atomic mass is 127. The van der Waals surface area contributed by atoms with E-state index < -0.39 is 11.7 Å². The summed E-state index contributed by atoms with van der Waals surface area (Å²) in [6, 6.07) is 13.6. The van der Waals surface area contributed by atoms with Gasteiger partial charge in [-0.05, 0) is 24.0 Å². The van der Waals surface area contributed by atoms with Crippen LogP contribution in [0.3, 0.4) is 0 Å². The molecule has 2 aromatic heterocycles. The van der Waals surface area contributed by atoms with Crippen LogP contribution >= 0.6 is 34.2 Å². The smallest absolute Gasteiger partial charge is 0.307 e. The molecule has 6 nitrogen and oxygen atoms in total. The number of nitrogens with zero attached hydrogens (tertiary/aromatic N) is 4. The first kappa shape index (κ1) is 23.9. The van der Waals surface area contributed by atoms with Crippen molar-refractivity contribution in [2.45, 2.75) is 13.1 Å². The number of halogens is 5. The summed E-state index contributed by atoms with van der Waals surface area (Å²) in [7, 11) is 0. The Bertz CT molecular complexity index is 1210. The summed E-state index contributed by atoms with van der Waals surface area (Å²) in [4.78, 5) is 14.8. The molecule has 4 rings (SSSR count). The van der Waals surface area contributed by atoms with Gasteiger partial charge < -0.3 is 5.32 Å². The maximum absolute atomic E-state index is 13.6. The molecule has 0 saturated heterocycles. The van der Waals surface area contributed by atoms with Crippen molar-refractivity contribution in [3.63, 3.8) is 0 Å². The van der Waals surface area contributed by atoms with E-state index in [1.54, 1.807) is 37.3 Å². The number of benzene rings is 2. The van der Waals surface area contributed by atoms with Gasteiger partial charge >= 0.3 is 6.18 Å². The fraction of sp³-hybridized carbons (Fsp3) is 0.143. The number of alkyl halides is 4. The topological polar surface area (TPSA) is 79.4 Å². The lowest BCUT2D eigenvalue weighted by Gasteiger charge is -2.14. The Morgan fingerprint density at radius 1 is 0.938 bits per heavy atom. The van der Waals surface area contributed by atoms with Crippen LogP contribution in [0.5, 0.6) is 0 Å². The van der Waals surface area contributed by atoms with Gasteiger partial charge in [0.2, 0.25) is 5.95 Å². The van der Waals surface area contributed by atoms with E-state index in [1.807, 2.05) is 4.93 Å². The van der Waals surface area contributed by atoms with Crippen LogP contribution in [0.15, 0.2) is 54.6 Å². The zero-order chi connectivity index (χ0) is 23.3. The van der Waals surface area contributed by atoms with E-state index in [4.69, 9.17) is 11.6 Å². The lowest BCUT2D eigenvalue weighted by molar-refractivity contribution is -0.137. The molecular formula is C21H17ClF3IN6. The maximum atomic E-state index is 13.6. The molecule has 0 saturated carbocycles. The van der Waals surface area contributed by atoms with Crippen molar-refractivity contribution in [1.29, 1.82) is 0 Å². The molecule has 0 aliphatic heterocycles. The Hall–Kier alpha value is -2.73. The van der Waals surface area contributed by atoms with Crippen LogP contribution in [0.25, 0.3) is 22.6 Å². The molecule has 0 atom stereocenters. The van der Waals surface area contributed by atoms with Crippen molar-refractivity contribution >= 4 is 46.0 Å². The minimum Gasteiger partial charge on any atom is -0.307 e. The maximum Gasteiger partial charge on any atom is 0.417 e. The van der Waals surface area contributed by atoms with Gasteiger partial charge in [0.05, 0.1) is 11.3 Å². The predicted octanol–water partition coefficient (Wildman–Crippen LogP) is 6.70. The molecule has 2 aromatic carbocycles. The molecule has 166 valence electrons. The van der Waals surface area contributed by atoms with Crippen molar-refractivity contribution in [1.82, 2.24) is 25.1 Å². The molecular weight excluding hydrogens is 556 g/mol. The highest BCUT2D eigenvalue weighted by Gasteiger charge is 2.34. The summed E-state index contributed by atoms with van der Waals surface area (Å²) >= 11 is 8.44. The number of aryl methyl sites for hydroxylation is 1. The monoisotopic (exact) mass is 572 g/mol. The number of aromatic amines is 1. The Labute approximate surface area is 200 Å². The molecule has 2 heterocycles. The lowest BCUT2D eigenvalue weighted by Crippen LogP contribution is -2.09. The summed E-state index contributed by atoms with van der Waals surface area (Å²) < 4.78 is 40.7. The van der Waals surface area contributed by atoms with Gasteiger partial charge in [0.1, 0.15) is 11.6 Å². The fourth-order valence-corrected chi connectivity index (χ4v) is 3.11. The number of hydrogen-bond donors (Lipinski definition) is 2. The van der Waals surface area contributed by atoms with Gasteiger partial charge in [-0.1, -0.05) is 70.6 Å². The zero-order valence-corrected chi connectivity index (χ0v) is 19.8. The second-order valence-electron chi connectivity index (χ2n) is 6.35. The Morgan fingerprint density at radius 3 is 2.22 bits per heavy atom. The third kappa shape index (κ3) is 5.54. The van der Waals surface area contributed by atoms with E-state index in [2.05, 4.69) is 53.1 Å². The van der Waals surface area contributed by atoms with Gasteiger partial charge in [-0.15, -0.1) is 5.10 Å². The molecule has 0 aliphatic carbocycles. The van der Waals surface area contributed by atoms with Crippen molar-refractivity contribution in [3.8, 4) is 22.6 Å². The van der Waals surface area contributed by atoms with Gasteiger partial charge in [0.25, 0.3) is 0 Å². The SMILES string of the molecule is CI.Cc1nc(Nc2cc(-c3ccccc3Cl)nc(-c3ccccc3C(F)(F)F)n2)n[nH]1. The van der Waals surface area contributed by atoms with Crippen molar-refractivity contribution < 1.29 is 13.2 Å². The van der Waals surface area contributed by atoms with Crippen LogP contribution in [-0.2, 0) is 6.18 Å². The summed E-state index contributed by atoms with van der Waals surface area (Å²) in [5, 5.41) is 9.96. The number of nitrogens with one attached hydrogen (secondary N) is 2. The van der Waals surface area contributed by atoms with Crippen molar-refractivity contribution in [2.24, 2.45) is 0 Å². The van der Waals surface area contributed by atoms with Crippen LogP contribution in [0.1, 0.15) is 11.4 Å². The van der Waals surface area contributed by atoms with Crippen LogP contribution in [0.4, 0.5) is 24.9 Å². The van der Waals surface area contributed by atoms with Crippen molar-refractivity contribution in [2.75, 3.05) is 10.2 Å². The van der Waals surface area contributed by atoms with Crippen LogP contribution in [0, 0.1) is 6.92 Å². The molecule has 32 heavy (non-hydrogen) atoms. The normalized spacial score (nSPS) is 11.0. The summed E-state index contributed by atoms with van der Waals surface area (Å²) in [5.41, 5.74) is -0.0621.